The standard InChI is InChI=1S/C13H24N2O3S2/c1-10(2)14-7-12-6-13(9-19-12)20(16,17)15(4)11(3)8-18-5/h6,9-11,14H,7-8H2,1-5H3. The molecular formula is C13H24N2O3S2. The molecule has 1 aromatic rings. The fourth-order valence-electron chi connectivity index (χ4n) is 1.64. The summed E-state index contributed by atoms with van der Waals surface area (Å²) in [6.45, 7) is 7.02. The first kappa shape index (κ1) is 17.6. The Hall–Kier alpha value is -0.470. The van der Waals surface area contributed by atoms with Gasteiger partial charge in [-0.15, -0.1) is 11.3 Å². The van der Waals surface area contributed by atoms with Gasteiger partial charge in [0, 0.05) is 43.0 Å². The van der Waals surface area contributed by atoms with E-state index in [1.54, 1.807) is 25.6 Å². The Morgan fingerprint density at radius 1 is 1.40 bits per heavy atom. The number of thiophene rings is 1. The highest BCUT2D eigenvalue weighted by Gasteiger charge is 2.26. The molecule has 0 aliphatic rings. The van der Waals surface area contributed by atoms with Crippen molar-refractivity contribution < 1.29 is 13.2 Å². The van der Waals surface area contributed by atoms with Crippen LogP contribution in [0, 0.1) is 0 Å². The van der Waals surface area contributed by atoms with Gasteiger partial charge in [-0.25, -0.2) is 8.42 Å². The van der Waals surface area contributed by atoms with Gasteiger partial charge in [0.25, 0.3) is 0 Å². The van der Waals surface area contributed by atoms with E-state index in [2.05, 4.69) is 19.2 Å². The van der Waals surface area contributed by atoms with Crippen LogP contribution in [0.15, 0.2) is 16.3 Å². The van der Waals surface area contributed by atoms with Crippen LogP contribution in [-0.4, -0.2) is 45.6 Å². The van der Waals surface area contributed by atoms with E-state index in [-0.39, 0.29) is 6.04 Å². The van der Waals surface area contributed by atoms with Crippen LogP contribution in [0.3, 0.4) is 0 Å². The van der Waals surface area contributed by atoms with Gasteiger partial charge in [0.2, 0.25) is 10.0 Å². The van der Waals surface area contributed by atoms with Crippen molar-refractivity contribution in [3.63, 3.8) is 0 Å². The molecule has 1 rings (SSSR count). The van der Waals surface area contributed by atoms with Crippen LogP contribution < -0.4 is 5.32 Å². The van der Waals surface area contributed by atoms with E-state index in [0.717, 1.165) is 4.88 Å². The second kappa shape index (κ2) is 7.51. The quantitative estimate of drug-likeness (QED) is 0.795. The molecule has 0 aliphatic carbocycles. The lowest BCUT2D eigenvalue weighted by Crippen LogP contribution is -2.37. The van der Waals surface area contributed by atoms with E-state index < -0.39 is 10.0 Å². The molecule has 1 unspecified atom stereocenters. The number of hydrogen-bond donors (Lipinski definition) is 1. The van der Waals surface area contributed by atoms with Gasteiger partial charge >= 0.3 is 0 Å². The van der Waals surface area contributed by atoms with Crippen molar-refractivity contribution in [2.45, 2.75) is 44.3 Å². The average molecular weight is 320 g/mol. The van der Waals surface area contributed by atoms with Crippen molar-refractivity contribution in [2.75, 3.05) is 20.8 Å². The number of methoxy groups -OCH3 is 1. The van der Waals surface area contributed by atoms with Crippen molar-refractivity contribution in [3.05, 3.63) is 16.3 Å². The lowest BCUT2D eigenvalue weighted by molar-refractivity contribution is 0.149. The lowest BCUT2D eigenvalue weighted by Gasteiger charge is -2.23. The SMILES string of the molecule is COCC(C)N(C)S(=O)(=O)c1csc(CNC(C)C)c1. The van der Waals surface area contributed by atoms with Crippen LogP contribution in [0.5, 0.6) is 0 Å². The normalized spacial score (nSPS) is 14.2. The highest BCUT2D eigenvalue weighted by molar-refractivity contribution is 7.89. The highest BCUT2D eigenvalue weighted by atomic mass is 32.2. The van der Waals surface area contributed by atoms with E-state index in [1.807, 2.05) is 6.92 Å². The first-order valence-electron chi connectivity index (χ1n) is 6.56. The summed E-state index contributed by atoms with van der Waals surface area (Å²) in [5.74, 6) is 0. The minimum Gasteiger partial charge on any atom is -0.383 e. The van der Waals surface area contributed by atoms with Crippen LogP contribution in [0.25, 0.3) is 0 Å². The smallest absolute Gasteiger partial charge is 0.243 e. The third-order valence-electron chi connectivity index (χ3n) is 3.02. The predicted molar refractivity (Wildman–Crippen MR) is 82.6 cm³/mol. The van der Waals surface area contributed by atoms with Gasteiger partial charge < -0.3 is 10.1 Å². The second-order valence-corrected chi connectivity index (χ2v) is 8.10. The van der Waals surface area contributed by atoms with Gasteiger partial charge in [-0.3, -0.25) is 0 Å². The summed E-state index contributed by atoms with van der Waals surface area (Å²) >= 11 is 1.46. The number of rotatable bonds is 8. The molecule has 5 nitrogen and oxygen atoms in total. The first-order chi connectivity index (χ1) is 9.28. The molecule has 0 saturated heterocycles. The fraction of sp³-hybridized carbons (Fsp3) is 0.692. The molecule has 1 atom stereocenters. The number of likely N-dealkylation sites (N-methyl/N-ethyl adjacent to an activating group) is 1. The number of nitrogens with zero attached hydrogens (tertiary/aromatic N) is 1. The second-order valence-electron chi connectivity index (χ2n) is 5.11. The molecule has 0 amide bonds. The zero-order chi connectivity index (χ0) is 15.3. The maximum Gasteiger partial charge on any atom is 0.243 e. The summed E-state index contributed by atoms with van der Waals surface area (Å²) in [6.07, 6.45) is 0. The first-order valence-corrected chi connectivity index (χ1v) is 8.88. The van der Waals surface area contributed by atoms with Crippen LogP contribution in [0.2, 0.25) is 0 Å². The Morgan fingerprint density at radius 3 is 2.60 bits per heavy atom. The topological polar surface area (TPSA) is 58.6 Å². The molecule has 0 fully saturated rings. The zero-order valence-electron chi connectivity index (χ0n) is 12.7. The van der Waals surface area contributed by atoms with Crippen LogP contribution in [0.1, 0.15) is 25.6 Å². The number of hydrogen-bond acceptors (Lipinski definition) is 5. The summed E-state index contributed by atoms with van der Waals surface area (Å²) < 4.78 is 31.3. The van der Waals surface area contributed by atoms with Crippen LogP contribution in [0.4, 0.5) is 0 Å². The van der Waals surface area contributed by atoms with Gasteiger partial charge in [-0.1, -0.05) is 13.8 Å². The Labute approximate surface area is 126 Å². The Balaban J connectivity index is 2.82. The number of nitrogens with one attached hydrogen (secondary N) is 1. The van der Waals surface area contributed by atoms with Crippen molar-refractivity contribution >= 4 is 21.4 Å². The third kappa shape index (κ3) is 4.53. The number of sulfonamides is 1. The molecule has 116 valence electrons. The molecule has 7 heteroatoms. The van der Waals surface area contributed by atoms with Crippen molar-refractivity contribution in [2.24, 2.45) is 0 Å². The average Bonchev–Trinajstić information content (AvgIpc) is 2.85. The van der Waals surface area contributed by atoms with Gasteiger partial charge in [-0.2, -0.15) is 4.31 Å². The molecule has 0 aliphatic heterocycles. The lowest BCUT2D eigenvalue weighted by atomic mass is 10.4. The molecule has 0 spiro atoms. The largest absolute Gasteiger partial charge is 0.383 e. The van der Waals surface area contributed by atoms with Crippen molar-refractivity contribution in [3.8, 4) is 0 Å². The van der Waals surface area contributed by atoms with Gasteiger partial charge in [0.05, 0.1) is 11.5 Å². The highest BCUT2D eigenvalue weighted by Crippen LogP contribution is 2.23. The Morgan fingerprint density at radius 2 is 2.05 bits per heavy atom. The van der Waals surface area contributed by atoms with E-state index in [1.165, 1.54) is 15.6 Å². The van der Waals surface area contributed by atoms with Gasteiger partial charge in [0.1, 0.15) is 0 Å². The summed E-state index contributed by atoms with van der Waals surface area (Å²) in [6, 6.07) is 1.93. The minimum atomic E-state index is -3.44. The Kier molecular flexibility index (Phi) is 6.60. The molecule has 0 saturated carbocycles. The van der Waals surface area contributed by atoms with E-state index >= 15 is 0 Å². The van der Waals surface area contributed by atoms with Gasteiger partial charge in [0.15, 0.2) is 0 Å². The minimum absolute atomic E-state index is 0.192. The summed E-state index contributed by atoms with van der Waals surface area (Å²) in [4.78, 5) is 1.37. The number of ether oxygens (including phenoxy) is 1. The molecule has 0 radical (unpaired) electrons. The molecule has 1 N–H and O–H groups in total. The Bertz CT molecular complexity index is 511. The molecule has 0 aromatic carbocycles. The summed E-state index contributed by atoms with van der Waals surface area (Å²) in [5, 5.41) is 4.98. The zero-order valence-corrected chi connectivity index (χ0v) is 14.3. The van der Waals surface area contributed by atoms with E-state index in [4.69, 9.17) is 4.74 Å². The van der Waals surface area contributed by atoms with Crippen molar-refractivity contribution in [1.29, 1.82) is 0 Å². The molecule has 1 aromatic heterocycles. The monoisotopic (exact) mass is 320 g/mol. The van der Waals surface area contributed by atoms with E-state index in [0.29, 0.717) is 24.1 Å². The molecule has 1 heterocycles. The maximum absolute atomic E-state index is 12.5. The van der Waals surface area contributed by atoms with Gasteiger partial charge in [-0.05, 0) is 13.0 Å². The fourth-order valence-corrected chi connectivity index (χ4v) is 4.20. The summed E-state index contributed by atoms with van der Waals surface area (Å²) in [7, 11) is -0.289. The molecular weight excluding hydrogens is 296 g/mol. The van der Waals surface area contributed by atoms with Crippen molar-refractivity contribution in [1.82, 2.24) is 9.62 Å². The maximum atomic E-state index is 12.5. The summed E-state index contributed by atoms with van der Waals surface area (Å²) in [5.41, 5.74) is 0. The molecule has 20 heavy (non-hydrogen) atoms. The van der Waals surface area contributed by atoms with E-state index in [9.17, 15) is 8.42 Å². The predicted octanol–water partition coefficient (Wildman–Crippen LogP) is 1.90. The third-order valence-corrected chi connectivity index (χ3v) is 6.06. The molecule has 0 bridgehead atoms. The van der Waals surface area contributed by atoms with Crippen LogP contribution >= 0.6 is 11.3 Å². The van der Waals surface area contributed by atoms with Crippen LogP contribution in [-0.2, 0) is 21.3 Å².